The Labute approximate surface area is 129 Å². The van der Waals surface area contributed by atoms with Crippen molar-refractivity contribution in [3.63, 3.8) is 0 Å². The molecular weight excluding hydrogens is 286 g/mol. The fraction of sp³-hybridized carbons (Fsp3) is 0.333. The lowest BCUT2D eigenvalue weighted by Gasteiger charge is -2.35. The normalized spacial score (nSPS) is 18.5. The highest BCUT2D eigenvalue weighted by Gasteiger charge is 2.33. The van der Waals surface area contributed by atoms with E-state index >= 15 is 0 Å². The van der Waals surface area contributed by atoms with Crippen LogP contribution in [0.5, 0.6) is 0 Å². The molecule has 5 nitrogen and oxygen atoms in total. The van der Waals surface area contributed by atoms with Crippen LogP contribution in [0.3, 0.4) is 0 Å². The third-order valence-corrected chi connectivity index (χ3v) is 3.89. The summed E-state index contributed by atoms with van der Waals surface area (Å²) in [6.07, 6.45) is 0. The minimum absolute atomic E-state index is 0.327. The molecule has 1 aliphatic heterocycles. The molecular formula is C15H19N3O2S. The van der Waals surface area contributed by atoms with Gasteiger partial charge in [-0.05, 0) is 43.8 Å². The average Bonchev–Trinajstić information content (AvgIpc) is 2.44. The van der Waals surface area contributed by atoms with Gasteiger partial charge < -0.3 is 20.7 Å². The highest BCUT2D eigenvalue weighted by atomic mass is 32.1. The number of hydrogen-bond donors (Lipinski definition) is 2. The number of allylic oxidation sites excluding steroid dienone is 1. The van der Waals surface area contributed by atoms with Gasteiger partial charge in [0.05, 0.1) is 18.2 Å². The number of ether oxygens (including phenoxy) is 1. The Morgan fingerprint density at radius 2 is 2.24 bits per heavy atom. The van der Waals surface area contributed by atoms with Gasteiger partial charge in [0.25, 0.3) is 0 Å². The fourth-order valence-corrected chi connectivity index (χ4v) is 2.55. The van der Waals surface area contributed by atoms with E-state index in [-0.39, 0.29) is 12.0 Å². The van der Waals surface area contributed by atoms with Crippen molar-refractivity contribution in [2.45, 2.75) is 19.9 Å². The van der Waals surface area contributed by atoms with Gasteiger partial charge in [-0.3, -0.25) is 0 Å². The molecule has 0 saturated carbocycles. The minimum atomic E-state index is -0.351. The van der Waals surface area contributed by atoms with Gasteiger partial charge in [-0.1, -0.05) is 12.1 Å². The molecule has 0 bridgehead atoms. The third kappa shape index (κ3) is 3.00. The van der Waals surface area contributed by atoms with Crippen molar-refractivity contribution >= 4 is 29.0 Å². The second-order valence-electron chi connectivity index (χ2n) is 4.83. The number of anilines is 1. The Morgan fingerprint density at radius 3 is 2.86 bits per heavy atom. The van der Waals surface area contributed by atoms with Crippen molar-refractivity contribution in [1.82, 2.24) is 10.2 Å². The Balaban J connectivity index is 2.51. The van der Waals surface area contributed by atoms with Crippen LogP contribution in [0.4, 0.5) is 5.69 Å². The number of hydrogen-bond acceptors (Lipinski definition) is 4. The standard InChI is InChI=1S/C15H19N3O2S/c1-4-20-14(19)12-9(2)18(3)15(21)17-13(12)10-6-5-7-11(16)8-10/h5-8,13H,4,16H2,1-3H3,(H,17,21). The third-order valence-electron chi connectivity index (χ3n) is 3.49. The molecule has 21 heavy (non-hydrogen) atoms. The predicted octanol–water partition coefficient (Wildman–Crippen LogP) is 1.97. The van der Waals surface area contributed by atoms with E-state index in [1.165, 1.54) is 0 Å². The molecule has 1 heterocycles. The van der Waals surface area contributed by atoms with Crippen LogP contribution < -0.4 is 11.1 Å². The van der Waals surface area contributed by atoms with E-state index in [4.69, 9.17) is 22.7 Å². The topological polar surface area (TPSA) is 67.6 Å². The molecule has 6 heteroatoms. The average molecular weight is 305 g/mol. The van der Waals surface area contributed by atoms with Crippen LogP contribution in [-0.4, -0.2) is 29.6 Å². The first-order chi connectivity index (χ1) is 9.95. The van der Waals surface area contributed by atoms with E-state index in [1.807, 2.05) is 32.2 Å². The summed E-state index contributed by atoms with van der Waals surface area (Å²) in [5, 5.41) is 3.74. The zero-order valence-electron chi connectivity index (χ0n) is 12.3. The number of esters is 1. The van der Waals surface area contributed by atoms with Crippen LogP contribution >= 0.6 is 12.2 Å². The van der Waals surface area contributed by atoms with Gasteiger partial charge in [0, 0.05) is 18.4 Å². The van der Waals surface area contributed by atoms with E-state index in [9.17, 15) is 4.79 Å². The van der Waals surface area contributed by atoms with E-state index in [0.29, 0.717) is 23.0 Å². The molecule has 1 aromatic rings. The van der Waals surface area contributed by atoms with Crippen molar-refractivity contribution < 1.29 is 9.53 Å². The van der Waals surface area contributed by atoms with Gasteiger partial charge in [0.15, 0.2) is 5.11 Å². The lowest BCUT2D eigenvalue weighted by atomic mass is 9.95. The Bertz CT molecular complexity index is 613. The number of carbonyl (C=O) groups is 1. The number of benzene rings is 1. The molecule has 1 atom stereocenters. The van der Waals surface area contributed by atoms with Gasteiger partial charge in [0.2, 0.25) is 0 Å². The Kier molecular flexibility index (Phi) is 4.47. The summed E-state index contributed by atoms with van der Waals surface area (Å²) in [6, 6.07) is 7.05. The van der Waals surface area contributed by atoms with E-state index < -0.39 is 0 Å². The maximum Gasteiger partial charge on any atom is 0.338 e. The van der Waals surface area contributed by atoms with Crippen LogP contribution in [-0.2, 0) is 9.53 Å². The van der Waals surface area contributed by atoms with E-state index in [0.717, 1.165) is 11.3 Å². The fourth-order valence-electron chi connectivity index (χ4n) is 2.30. The first-order valence-electron chi connectivity index (χ1n) is 6.73. The van der Waals surface area contributed by atoms with E-state index in [1.54, 1.807) is 17.9 Å². The molecule has 0 radical (unpaired) electrons. The molecule has 0 saturated heterocycles. The zero-order valence-corrected chi connectivity index (χ0v) is 13.2. The van der Waals surface area contributed by atoms with Crippen molar-refractivity contribution in [1.29, 1.82) is 0 Å². The van der Waals surface area contributed by atoms with Crippen molar-refractivity contribution in [2.24, 2.45) is 0 Å². The summed E-state index contributed by atoms with van der Waals surface area (Å²) in [6.45, 7) is 3.97. The number of nitrogens with zero attached hydrogens (tertiary/aromatic N) is 1. The molecule has 0 fully saturated rings. The maximum atomic E-state index is 12.3. The summed E-state index contributed by atoms with van der Waals surface area (Å²) in [7, 11) is 1.82. The van der Waals surface area contributed by atoms with Gasteiger partial charge in [-0.25, -0.2) is 4.79 Å². The number of carbonyl (C=O) groups excluding carboxylic acids is 1. The van der Waals surface area contributed by atoms with Gasteiger partial charge in [-0.2, -0.15) is 0 Å². The molecule has 3 N–H and O–H groups in total. The summed E-state index contributed by atoms with van der Waals surface area (Å²) < 4.78 is 5.18. The smallest absolute Gasteiger partial charge is 0.338 e. The molecule has 0 amide bonds. The number of rotatable bonds is 3. The monoisotopic (exact) mass is 305 g/mol. The summed E-state index contributed by atoms with van der Waals surface area (Å²) >= 11 is 5.32. The Hall–Kier alpha value is -2.08. The first-order valence-corrected chi connectivity index (χ1v) is 7.14. The summed E-state index contributed by atoms with van der Waals surface area (Å²) in [5.41, 5.74) is 8.70. The second kappa shape index (κ2) is 6.13. The van der Waals surface area contributed by atoms with Crippen LogP contribution in [0.15, 0.2) is 35.5 Å². The van der Waals surface area contributed by atoms with Gasteiger partial charge in [-0.15, -0.1) is 0 Å². The van der Waals surface area contributed by atoms with Crippen LogP contribution in [0, 0.1) is 0 Å². The SMILES string of the molecule is CCOC(=O)C1=C(C)N(C)C(=S)NC1c1cccc(N)c1. The molecule has 2 rings (SSSR count). The van der Waals surface area contributed by atoms with Crippen LogP contribution in [0.25, 0.3) is 0 Å². The van der Waals surface area contributed by atoms with Crippen LogP contribution in [0.2, 0.25) is 0 Å². The summed E-state index contributed by atoms with van der Waals surface area (Å²) in [5.74, 6) is -0.343. The number of nitrogen functional groups attached to an aromatic ring is 1. The maximum absolute atomic E-state index is 12.3. The zero-order chi connectivity index (χ0) is 15.6. The second-order valence-corrected chi connectivity index (χ2v) is 5.22. The van der Waals surface area contributed by atoms with E-state index in [2.05, 4.69) is 5.32 Å². The molecule has 1 unspecified atom stereocenters. The Morgan fingerprint density at radius 1 is 1.52 bits per heavy atom. The lowest BCUT2D eigenvalue weighted by Crippen LogP contribution is -2.46. The number of nitrogens with two attached hydrogens (primary N) is 1. The molecule has 0 aliphatic carbocycles. The minimum Gasteiger partial charge on any atom is -0.463 e. The highest BCUT2D eigenvalue weighted by Crippen LogP contribution is 2.31. The quantitative estimate of drug-likeness (QED) is 0.505. The van der Waals surface area contributed by atoms with Crippen LogP contribution in [0.1, 0.15) is 25.5 Å². The van der Waals surface area contributed by atoms with Crippen molar-refractivity contribution in [3.05, 3.63) is 41.1 Å². The molecule has 112 valence electrons. The first kappa shape index (κ1) is 15.3. The number of nitrogens with one attached hydrogen (secondary N) is 1. The molecule has 1 aromatic carbocycles. The van der Waals surface area contributed by atoms with Gasteiger partial charge >= 0.3 is 5.97 Å². The van der Waals surface area contributed by atoms with Crippen molar-refractivity contribution in [2.75, 3.05) is 19.4 Å². The summed E-state index contributed by atoms with van der Waals surface area (Å²) in [4.78, 5) is 14.1. The van der Waals surface area contributed by atoms with Gasteiger partial charge in [0.1, 0.15) is 0 Å². The highest BCUT2D eigenvalue weighted by molar-refractivity contribution is 7.80. The molecule has 1 aliphatic rings. The predicted molar refractivity (Wildman–Crippen MR) is 86.4 cm³/mol. The largest absolute Gasteiger partial charge is 0.463 e. The van der Waals surface area contributed by atoms with Crippen molar-refractivity contribution in [3.8, 4) is 0 Å². The molecule has 0 aromatic heterocycles. The number of thiocarbonyl (C=S) groups is 1. The lowest BCUT2D eigenvalue weighted by molar-refractivity contribution is -0.139. The molecule has 0 spiro atoms.